The summed E-state index contributed by atoms with van der Waals surface area (Å²) in [5.74, 6) is -16.7. The van der Waals surface area contributed by atoms with Crippen LogP contribution >= 0.6 is 0 Å². The van der Waals surface area contributed by atoms with E-state index in [9.17, 15) is 45.5 Å². The number of halogens is 6. The molecule has 2 saturated heterocycles. The molecule has 2 heterocycles. The van der Waals surface area contributed by atoms with Gasteiger partial charge in [-0.05, 0) is 31.2 Å². The number of aliphatic carboxylic acids is 1. The van der Waals surface area contributed by atoms with Crippen molar-refractivity contribution >= 4 is 23.8 Å². The van der Waals surface area contributed by atoms with Gasteiger partial charge in [-0.1, -0.05) is 0 Å². The summed E-state index contributed by atoms with van der Waals surface area (Å²) in [6.07, 6.45) is 0. The van der Waals surface area contributed by atoms with Crippen molar-refractivity contribution < 1.29 is 90.4 Å². The normalized spacial score (nSPS) is 21.2. The maximum Gasteiger partial charge on any atom is 1.00 e. The maximum atomic E-state index is 13.8. The van der Waals surface area contributed by atoms with Gasteiger partial charge in [0.2, 0.25) is 11.8 Å². The molecule has 4 N–H and O–H groups in total. The van der Waals surface area contributed by atoms with Gasteiger partial charge in [-0.25, -0.2) is 26.3 Å². The van der Waals surface area contributed by atoms with Crippen LogP contribution in [0.25, 0.3) is 0 Å². The molecule has 2 aromatic carbocycles. The second kappa shape index (κ2) is 14.5. The Bertz CT molecular complexity index is 1300. The van der Waals surface area contributed by atoms with Gasteiger partial charge in [-0.2, -0.15) is 0 Å². The molecule has 0 aliphatic carbocycles. The average molecular weight is 586 g/mol. The van der Waals surface area contributed by atoms with E-state index < -0.39 is 93.5 Å². The average Bonchev–Trinajstić information content (AvgIpc) is 3.42. The number of hydrogen-bond donors (Lipinski definition) is 3. The maximum absolute atomic E-state index is 13.8. The van der Waals surface area contributed by atoms with Crippen molar-refractivity contribution in [3.63, 3.8) is 0 Å². The third kappa shape index (κ3) is 6.95. The number of amides is 2. The summed E-state index contributed by atoms with van der Waals surface area (Å²) in [6, 6.07) is 2.72. The molecule has 0 radical (unpaired) electrons. The van der Waals surface area contributed by atoms with Crippen molar-refractivity contribution in [3.05, 3.63) is 70.3 Å². The summed E-state index contributed by atoms with van der Waals surface area (Å²) in [5, 5.41) is 13.4. The van der Waals surface area contributed by atoms with Crippen LogP contribution in [0, 0.1) is 46.7 Å². The van der Waals surface area contributed by atoms with Crippen LogP contribution in [0.2, 0.25) is 0 Å². The molecule has 4 rings (SSSR count). The van der Waals surface area contributed by atoms with Crippen LogP contribution in [0.3, 0.4) is 0 Å². The molecule has 0 spiro atoms. The number of esters is 1. The van der Waals surface area contributed by atoms with Gasteiger partial charge in [0.25, 0.3) is 0 Å². The second-order valence-corrected chi connectivity index (χ2v) is 8.26. The van der Waals surface area contributed by atoms with E-state index in [1.54, 1.807) is 6.92 Å². The molecule has 40 heavy (non-hydrogen) atoms. The van der Waals surface area contributed by atoms with E-state index >= 15 is 0 Å². The number of carboxylic acid groups (broad SMARTS) is 1. The van der Waals surface area contributed by atoms with Crippen molar-refractivity contribution in [2.45, 2.75) is 18.8 Å². The van der Waals surface area contributed by atoms with Crippen molar-refractivity contribution in [2.24, 2.45) is 11.8 Å². The largest absolute Gasteiger partial charge is 1.00 e. The summed E-state index contributed by atoms with van der Waals surface area (Å²) in [7, 11) is 0. The SMILES string of the molecule is CCOC(=O)C1C(=O)NC[C@H]1c1c(F)ccc(F)c1F.O=C(O)C1C(=O)NC[C@H]1c1c(F)ccc(F)c1F.[Na+].[OH-]. The first-order valence-corrected chi connectivity index (χ1v) is 11.1. The smallest absolute Gasteiger partial charge is 0.870 e. The van der Waals surface area contributed by atoms with Crippen LogP contribution in [-0.4, -0.2) is 54.0 Å². The van der Waals surface area contributed by atoms with E-state index in [4.69, 9.17) is 9.84 Å². The standard InChI is InChI=1S/C13H12F3NO3.C11H8F3NO3.Na.H2O/c1-2-20-13(19)10-6(5-17-12(10)18)9-7(14)3-4-8(15)11(9)16;12-5-1-2-6(13)9(14)7(5)4-3-15-10(16)8(4)11(17)18;;/h3-4,6,10H,2,5H2,1H3,(H,17,18);1-2,4,8H,3H2,(H,15,16)(H,17,18);;1H2/q;;+1;/p-1/t6-,10?;4-,8?;;/m00../s1. The Hall–Kier alpha value is -3.14. The first kappa shape index (κ1) is 34.9. The Kier molecular flexibility index (Phi) is 12.6. The number of ether oxygens (including phenoxy) is 1. The first-order valence-electron chi connectivity index (χ1n) is 11.1. The van der Waals surface area contributed by atoms with Gasteiger partial charge in [0.15, 0.2) is 23.3 Å². The summed E-state index contributed by atoms with van der Waals surface area (Å²) in [5.41, 5.74) is -1.32. The fraction of sp³-hybridized carbons (Fsp3) is 0.333. The van der Waals surface area contributed by atoms with Crippen LogP contribution in [0.1, 0.15) is 29.9 Å². The first-order chi connectivity index (χ1) is 17.9. The monoisotopic (exact) mass is 586 g/mol. The number of hydrogen-bond acceptors (Lipinski definition) is 6. The van der Waals surface area contributed by atoms with Crippen molar-refractivity contribution in [3.8, 4) is 0 Å². The molecule has 2 aliphatic rings. The topological polar surface area (TPSA) is 152 Å². The molecule has 2 unspecified atom stereocenters. The third-order valence-electron chi connectivity index (χ3n) is 6.07. The molecule has 4 atom stereocenters. The summed E-state index contributed by atoms with van der Waals surface area (Å²) >= 11 is 0. The van der Waals surface area contributed by atoms with E-state index in [2.05, 4.69) is 10.6 Å². The quantitative estimate of drug-likeness (QED) is 0.138. The van der Waals surface area contributed by atoms with Gasteiger partial charge in [-0.15, -0.1) is 0 Å². The zero-order valence-electron chi connectivity index (χ0n) is 20.9. The van der Waals surface area contributed by atoms with Gasteiger partial charge < -0.3 is 26.0 Å². The summed E-state index contributed by atoms with van der Waals surface area (Å²) < 4.78 is 85.5. The number of benzene rings is 2. The van der Waals surface area contributed by atoms with E-state index in [-0.39, 0.29) is 54.7 Å². The zero-order chi connectivity index (χ0) is 28.3. The minimum absolute atomic E-state index is 0. The Morgan fingerprint density at radius 2 is 1.18 bits per heavy atom. The molecule has 0 saturated carbocycles. The van der Waals surface area contributed by atoms with Crippen molar-refractivity contribution in [2.75, 3.05) is 19.7 Å². The zero-order valence-corrected chi connectivity index (χ0v) is 22.9. The summed E-state index contributed by atoms with van der Waals surface area (Å²) in [4.78, 5) is 45.5. The predicted molar refractivity (Wildman–Crippen MR) is 117 cm³/mol. The number of carbonyl (C=O) groups is 4. The number of nitrogens with one attached hydrogen (secondary N) is 2. The molecular formula is C24H21F6N2NaO7. The molecule has 16 heteroatoms. The van der Waals surface area contributed by atoms with Crippen LogP contribution < -0.4 is 40.2 Å². The molecule has 2 amide bonds. The van der Waals surface area contributed by atoms with E-state index in [0.717, 1.165) is 6.07 Å². The molecule has 2 aromatic rings. The van der Waals surface area contributed by atoms with Gasteiger partial charge in [0.1, 0.15) is 23.5 Å². The minimum Gasteiger partial charge on any atom is -0.870 e. The van der Waals surface area contributed by atoms with Crippen LogP contribution in [0.15, 0.2) is 24.3 Å². The van der Waals surface area contributed by atoms with Gasteiger partial charge in [-0.3, -0.25) is 19.2 Å². The number of carboxylic acids is 1. The fourth-order valence-corrected chi connectivity index (χ4v) is 4.33. The molecule has 9 nitrogen and oxygen atoms in total. The van der Waals surface area contributed by atoms with E-state index in [1.807, 2.05) is 0 Å². The van der Waals surface area contributed by atoms with Crippen LogP contribution in [0.4, 0.5) is 26.3 Å². The van der Waals surface area contributed by atoms with Crippen LogP contribution in [-0.2, 0) is 23.9 Å². The molecule has 0 bridgehead atoms. The molecule has 2 fully saturated rings. The van der Waals surface area contributed by atoms with Crippen molar-refractivity contribution in [1.29, 1.82) is 0 Å². The Morgan fingerprint density at radius 3 is 1.57 bits per heavy atom. The Balaban J connectivity index is 0.000000383. The van der Waals surface area contributed by atoms with Crippen LogP contribution in [0.5, 0.6) is 0 Å². The second-order valence-electron chi connectivity index (χ2n) is 8.26. The molecule has 0 aromatic heterocycles. The number of carbonyl (C=O) groups excluding carboxylic acids is 3. The molecular weight excluding hydrogens is 565 g/mol. The molecule has 212 valence electrons. The van der Waals surface area contributed by atoms with Gasteiger partial charge >= 0.3 is 41.5 Å². The Labute approximate surface area is 244 Å². The molecule has 2 aliphatic heterocycles. The van der Waals surface area contributed by atoms with Gasteiger partial charge in [0.05, 0.1) is 6.61 Å². The summed E-state index contributed by atoms with van der Waals surface area (Å²) in [6.45, 7) is 1.18. The van der Waals surface area contributed by atoms with E-state index in [1.165, 1.54) is 0 Å². The van der Waals surface area contributed by atoms with E-state index in [0.29, 0.717) is 18.2 Å². The fourth-order valence-electron chi connectivity index (χ4n) is 4.33. The predicted octanol–water partition coefficient (Wildman–Crippen LogP) is -0.658. The third-order valence-corrected chi connectivity index (χ3v) is 6.07. The Morgan fingerprint density at radius 1 is 0.800 bits per heavy atom. The minimum atomic E-state index is -1.62. The number of rotatable bonds is 5. The van der Waals surface area contributed by atoms with Crippen molar-refractivity contribution in [1.82, 2.24) is 10.6 Å². The van der Waals surface area contributed by atoms with Gasteiger partial charge in [0, 0.05) is 36.1 Å².